The number of benzene rings is 1. The number of pyridine rings is 1. The summed E-state index contributed by atoms with van der Waals surface area (Å²) in [6.07, 6.45) is 4.64. The highest BCUT2D eigenvalue weighted by molar-refractivity contribution is 7.22. The normalized spacial score (nSPS) is 10.8. The van der Waals surface area contributed by atoms with E-state index in [0.29, 0.717) is 0 Å². The molecule has 1 aromatic carbocycles. The average molecular weight is 269 g/mol. The first-order valence-electron chi connectivity index (χ1n) is 6.38. The van der Waals surface area contributed by atoms with Gasteiger partial charge in [0.15, 0.2) is 5.13 Å². The van der Waals surface area contributed by atoms with Crippen molar-refractivity contribution < 1.29 is 0 Å². The van der Waals surface area contributed by atoms with Gasteiger partial charge in [-0.3, -0.25) is 4.98 Å². The summed E-state index contributed by atoms with van der Waals surface area (Å²) >= 11 is 1.71. The molecule has 3 nitrogen and oxygen atoms in total. The lowest BCUT2D eigenvalue weighted by Crippen LogP contribution is -1.98. The number of thiazole rings is 1. The van der Waals surface area contributed by atoms with Gasteiger partial charge in [-0.15, -0.1) is 0 Å². The summed E-state index contributed by atoms with van der Waals surface area (Å²) in [6, 6.07) is 10.4. The fourth-order valence-electron chi connectivity index (χ4n) is 2.04. The molecule has 0 aliphatic carbocycles. The van der Waals surface area contributed by atoms with Gasteiger partial charge in [0, 0.05) is 18.9 Å². The average Bonchev–Trinajstić information content (AvgIpc) is 2.89. The third kappa shape index (κ3) is 2.58. The molecule has 3 rings (SSSR count). The molecule has 1 N–H and O–H groups in total. The van der Waals surface area contributed by atoms with Crippen LogP contribution in [0.3, 0.4) is 0 Å². The van der Waals surface area contributed by atoms with Crippen LogP contribution in [0.5, 0.6) is 0 Å². The van der Waals surface area contributed by atoms with Crippen LogP contribution in [0.15, 0.2) is 42.7 Å². The number of anilines is 1. The molecule has 0 spiro atoms. The Morgan fingerprint density at radius 1 is 1.16 bits per heavy atom. The van der Waals surface area contributed by atoms with E-state index in [1.54, 1.807) is 11.3 Å². The Morgan fingerprint density at radius 3 is 2.79 bits per heavy atom. The molecule has 0 atom stereocenters. The maximum absolute atomic E-state index is 4.69. The standard InChI is InChI=1S/C15H15N3S/c1-2-12-4-3-5-13-14(12)18-15(19-13)17-10-11-6-8-16-9-7-11/h3-9H,2,10H2,1H3,(H,17,18). The number of aromatic nitrogens is 2. The van der Waals surface area contributed by atoms with Crippen molar-refractivity contribution in [3.05, 3.63) is 53.9 Å². The van der Waals surface area contributed by atoms with E-state index in [-0.39, 0.29) is 0 Å². The predicted octanol–water partition coefficient (Wildman–Crippen LogP) is 3.87. The van der Waals surface area contributed by atoms with E-state index < -0.39 is 0 Å². The lowest BCUT2D eigenvalue weighted by molar-refractivity contribution is 1.11. The first-order chi connectivity index (χ1) is 9.36. The summed E-state index contributed by atoms with van der Waals surface area (Å²) in [7, 11) is 0. The van der Waals surface area contributed by atoms with Gasteiger partial charge in [0.2, 0.25) is 0 Å². The van der Waals surface area contributed by atoms with E-state index in [1.807, 2.05) is 24.5 Å². The Hall–Kier alpha value is -1.94. The van der Waals surface area contributed by atoms with Crippen LogP contribution in [0, 0.1) is 0 Å². The van der Waals surface area contributed by atoms with Crippen LogP contribution in [-0.4, -0.2) is 9.97 Å². The van der Waals surface area contributed by atoms with E-state index in [0.717, 1.165) is 23.6 Å². The van der Waals surface area contributed by atoms with Gasteiger partial charge in [0.25, 0.3) is 0 Å². The van der Waals surface area contributed by atoms with Gasteiger partial charge in [0.05, 0.1) is 10.2 Å². The highest BCUT2D eigenvalue weighted by Crippen LogP contribution is 2.28. The second-order valence-corrected chi connectivity index (χ2v) is 5.38. The Balaban J connectivity index is 1.82. The van der Waals surface area contributed by atoms with Crippen molar-refractivity contribution in [2.24, 2.45) is 0 Å². The van der Waals surface area contributed by atoms with Gasteiger partial charge in [-0.25, -0.2) is 4.98 Å². The quantitative estimate of drug-likeness (QED) is 0.781. The monoisotopic (exact) mass is 269 g/mol. The molecule has 19 heavy (non-hydrogen) atoms. The number of rotatable bonds is 4. The van der Waals surface area contributed by atoms with E-state index in [2.05, 4.69) is 35.4 Å². The number of aryl methyl sites for hydroxylation is 1. The Kier molecular flexibility index (Phi) is 3.42. The van der Waals surface area contributed by atoms with Crippen LogP contribution in [0.1, 0.15) is 18.1 Å². The van der Waals surface area contributed by atoms with Crippen LogP contribution in [-0.2, 0) is 13.0 Å². The third-order valence-electron chi connectivity index (χ3n) is 3.08. The van der Waals surface area contributed by atoms with Crippen LogP contribution in [0.2, 0.25) is 0 Å². The molecule has 0 unspecified atom stereocenters. The molecular weight excluding hydrogens is 254 g/mol. The van der Waals surface area contributed by atoms with Crippen LogP contribution in [0.4, 0.5) is 5.13 Å². The molecule has 0 aliphatic rings. The lowest BCUT2D eigenvalue weighted by Gasteiger charge is -2.01. The van der Waals surface area contributed by atoms with Crippen molar-refractivity contribution in [2.45, 2.75) is 19.9 Å². The molecule has 0 amide bonds. The lowest BCUT2D eigenvalue weighted by atomic mass is 10.1. The second kappa shape index (κ2) is 5.36. The fraction of sp³-hybridized carbons (Fsp3) is 0.200. The summed E-state index contributed by atoms with van der Waals surface area (Å²) in [5.41, 5.74) is 3.66. The summed E-state index contributed by atoms with van der Waals surface area (Å²) in [4.78, 5) is 8.71. The number of nitrogens with zero attached hydrogens (tertiary/aromatic N) is 2. The van der Waals surface area contributed by atoms with Crippen molar-refractivity contribution in [1.82, 2.24) is 9.97 Å². The number of nitrogens with one attached hydrogen (secondary N) is 1. The Labute approximate surface area is 116 Å². The van der Waals surface area contributed by atoms with E-state index in [1.165, 1.54) is 15.8 Å². The summed E-state index contributed by atoms with van der Waals surface area (Å²) in [6.45, 7) is 2.95. The topological polar surface area (TPSA) is 37.8 Å². The number of para-hydroxylation sites is 1. The maximum Gasteiger partial charge on any atom is 0.184 e. The largest absolute Gasteiger partial charge is 0.357 e. The minimum atomic E-state index is 0.782. The summed E-state index contributed by atoms with van der Waals surface area (Å²) in [5.74, 6) is 0. The molecule has 2 heterocycles. The van der Waals surface area contributed by atoms with Crippen LogP contribution in [0.25, 0.3) is 10.2 Å². The van der Waals surface area contributed by atoms with Gasteiger partial charge < -0.3 is 5.32 Å². The molecule has 0 saturated heterocycles. The maximum atomic E-state index is 4.69. The van der Waals surface area contributed by atoms with E-state index >= 15 is 0 Å². The van der Waals surface area contributed by atoms with Gasteiger partial charge in [-0.1, -0.05) is 30.4 Å². The molecule has 0 bridgehead atoms. The van der Waals surface area contributed by atoms with Crippen molar-refractivity contribution in [3.8, 4) is 0 Å². The Morgan fingerprint density at radius 2 is 2.00 bits per heavy atom. The van der Waals surface area contributed by atoms with Crippen molar-refractivity contribution in [2.75, 3.05) is 5.32 Å². The molecule has 2 aromatic heterocycles. The first-order valence-corrected chi connectivity index (χ1v) is 7.19. The van der Waals surface area contributed by atoms with Gasteiger partial charge in [-0.2, -0.15) is 0 Å². The SMILES string of the molecule is CCc1cccc2sc(NCc3ccncc3)nc12. The molecule has 0 aliphatic heterocycles. The molecule has 3 aromatic rings. The highest BCUT2D eigenvalue weighted by atomic mass is 32.1. The number of hydrogen-bond donors (Lipinski definition) is 1. The predicted molar refractivity (Wildman–Crippen MR) is 80.6 cm³/mol. The zero-order valence-corrected chi connectivity index (χ0v) is 11.6. The van der Waals surface area contributed by atoms with Crippen molar-refractivity contribution >= 4 is 26.7 Å². The Bertz CT molecular complexity index is 676. The fourth-order valence-corrected chi connectivity index (χ4v) is 2.95. The zero-order valence-electron chi connectivity index (χ0n) is 10.8. The second-order valence-electron chi connectivity index (χ2n) is 4.35. The summed E-state index contributed by atoms with van der Waals surface area (Å²) in [5, 5.41) is 4.36. The number of hydrogen-bond acceptors (Lipinski definition) is 4. The molecule has 96 valence electrons. The molecular formula is C15H15N3S. The van der Waals surface area contributed by atoms with Crippen LogP contribution >= 0.6 is 11.3 Å². The van der Waals surface area contributed by atoms with Crippen molar-refractivity contribution in [1.29, 1.82) is 0 Å². The molecule has 0 fully saturated rings. The minimum Gasteiger partial charge on any atom is -0.357 e. The number of fused-ring (bicyclic) bond motifs is 1. The van der Waals surface area contributed by atoms with Crippen LogP contribution < -0.4 is 5.32 Å². The van der Waals surface area contributed by atoms with E-state index in [4.69, 9.17) is 4.98 Å². The van der Waals surface area contributed by atoms with E-state index in [9.17, 15) is 0 Å². The smallest absolute Gasteiger partial charge is 0.184 e. The third-order valence-corrected chi connectivity index (χ3v) is 4.05. The minimum absolute atomic E-state index is 0.782. The summed E-state index contributed by atoms with van der Waals surface area (Å²) < 4.78 is 1.25. The highest BCUT2D eigenvalue weighted by Gasteiger charge is 2.06. The zero-order chi connectivity index (χ0) is 13.1. The van der Waals surface area contributed by atoms with Gasteiger partial charge in [-0.05, 0) is 35.7 Å². The first kappa shape index (κ1) is 12.1. The van der Waals surface area contributed by atoms with Gasteiger partial charge in [0.1, 0.15) is 0 Å². The van der Waals surface area contributed by atoms with Gasteiger partial charge >= 0.3 is 0 Å². The van der Waals surface area contributed by atoms with Crippen molar-refractivity contribution in [3.63, 3.8) is 0 Å². The molecule has 0 radical (unpaired) electrons. The molecule has 4 heteroatoms. The molecule has 0 saturated carbocycles.